The van der Waals surface area contributed by atoms with Crippen LogP contribution < -0.4 is 10.0 Å². The molecule has 0 atom stereocenters. The highest BCUT2D eigenvalue weighted by Crippen LogP contribution is 2.22. The van der Waals surface area contributed by atoms with E-state index in [0.29, 0.717) is 17.1 Å². The van der Waals surface area contributed by atoms with Crippen LogP contribution in [0, 0.1) is 6.92 Å². The van der Waals surface area contributed by atoms with Gasteiger partial charge in [0.2, 0.25) is 15.9 Å². The third-order valence-corrected chi connectivity index (χ3v) is 4.71. The van der Waals surface area contributed by atoms with Gasteiger partial charge in [0.25, 0.3) is 0 Å². The SMILES string of the molecule is Cc1ccc(CSCC(=O)Nc2ccccc2NS(C)(=O)=O)cc1. The van der Waals surface area contributed by atoms with Crippen molar-refractivity contribution in [3.63, 3.8) is 0 Å². The van der Waals surface area contributed by atoms with E-state index in [0.717, 1.165) is 17.6 Å². The lowest BCUT2D eigenvalue weighted by Gasteiger charge is -2.11. The molecule has 0 saturated carbocycles. The number of para-hydroxylation sites is 2. The van der Waals surface area contributed by atoms with Crippen LogP contribution in [0.4, 0.5) is 11.4 Å². The van der Waals surface area contributed by atoms with Gasteiger partial charge in [0.1, 0.15) is 0 Å². The quantitative estimate of drug-likeness (QED) is 0.791. The van der Waals surface area contributed by atoms with Crippen LogP contribution >= 0.6 is 11.8 Å². The molecule has 1 amide bonds. The Morgan fingerprint density at radius 3 is 2.29 bits per heavy atom. The van der Waals surface area contributed by atoms with Gasteiger partial charge >= 0.3 is 0 Å². The fourth-order valence-corrected chi connectivity index (χ4v) is 3.38. The largest absolute Gasteiger partial charge is 0.324 e. The van der Waals surface area contributed by atoms with E-state index in [1.165, 1.54) is 17.3 Å². The topological polar surface area (TPSA) is 75.3 Å². The minimum absolute atomic E-state index is 0.171. The van der Waals surface area contributed by atoms with Crippen LogP contribution in [0.15, 0.2) is 48.5 Å². The molecule has 2 rings (SSSR count). The summed E-state index contributed by atoms with van der Waals surface area (Å²) in [6.07, 6.45) is 1.07. The average molecular weight is 364 g/mol. The van der Waals surface area contributed by atoms with Crippen molar-refractivity contribution in [2.45, 2.75) is 12.7 Å². The first-order chi connectivity index (χ1) is 11.3. The van der Waals surface area contributed by atoms with Gasteiger partial charge in [0.05, 0.1) is 23.4 Å². The Hall–Kier alpha value is -1.99. The van der Waals surface area contributed by atoms with E-state index in [1.54, 1.807) is 24.3 Å². The first kappa shape index (κ1) is 18.4. The second-order valence-electron chi connectivity index (χ2n) is 5.45. The predicted molar refractivity (Wildman–Crippen MR) is 101 cm³/mol. The highest BCUT2D eigenvalue weighted by molar-refractivity contribution is 7.99. The average Bonchev–Trinajstić information content (AvgIpc) is 2.50. The van der Waals surface area contributed by atoms with Gasteiger partial charge in [0, 0.05) is 5.75 Å². The second kappa shape index (κ2) is 8.21. The number of hydrogen-bond acceptors (Lipinski definition) is 4. The first-order valence-corrected chi connectivity index (χ1v) is 10.4. The summed E-state index contributed by atoms with van der Waals surface area (Å²) in [5, 5.41) is 2.74. The smallest absolute Gasteiger partial charge is 0.234 e. The van der Waals surface area contributed by atoms with Gasteiger partial charge in [-0.3, -0.25) is 9.52 Å². The third kappa shape index (κ3) is 6.25. The molecule has 24 heavy (non-hydrogen) atoms. The van der Waals surface area contributed by atoms with E-state index in [4.69, 9.17) is 0 Å². The number of anilines is 2. The van der Waals surface area contributed by atoms with Gasteiger partial charge in [0.15, 0.2) is 0 Å². The molecule has 0 saturated heterocycles. The van der Waals surface area contributed by atoms with Crippen LogP contribution in [0.1, 0.15) is 11.1 Å². The lowest BCUT2D eigenvalue weighted by Crippen LogP contribution is -2.17. The molecule has 128 valence electrons. The molecule has 0 unspecified atom stereocenters. The Balaban J connectivity index is 1.89. The first-order valence-electron chi connectivity index (χ1n) is 7.33. The maximum atomic E-state index is 12.1. The molecule has 0 aliphatic carbocycles. The van der Waals surface area contributed by atoms with Crippen molar-refractivity contribution < 1.29 is 13.2 Å². The van der Waals surface area contributed by atoms with Crippen molar-refractivity contribution in [3.05, 3.63) is 59.7 Å². The van der Waals surface area contributed by atoms with E-state index >= 15 is 0 Å². The minimum atomic E-state index is -3.40. The number of hydrogen-bond donors (Lipinski definition) is 2. The predicted octanol–water partition coefficient (Wildman–Crippen LogP) is 3.24. The number of nitrogens with one attached hydrogen (secondary N) is 2. The van der Waals surface area contributed by atoms with E-state index in [-0.39, 0.29) is 5.91 Å². The summed E-state index contributed by atoms with van der Waals surface area (Å²) in [7, 11) is -3.40. The zero-order valence-corrected chi connectivity index (χ0v) is 15.2. The van der Waals surface area contributed by atoms with Gasteiger partial charge in [-0.15, -0.1) is 11.8 Å². The lowest BCUT2D eigenvalue weighted by molar-refractivity contribution is -0.113. The van der Waals surface area contributed by atoms with Gasteiger partial charge in [-0.1, -0.05) is 42.0 Å². The lowest BCUT2D eigenvalue weighted by atomic mass is 10.2. The van der Waals surface area contributed by atoms with E-state index < -0.39 is 10.0 Å². The monoisotopic (exact) mass is 364 g/mol. The van der Waals surface area contributed by atoms with Crippen LogP contribution in [0.25, 0.3) is 0 Å². The number of amides is 1. The zero-order valence-electron chi connectivity index (χ0n) is 13.6. The summed E-state index contributed by atoms with van der Waals surface area (Å²) < 4.78 is 25.1. The standard InChI is InChI=1S/C17H20N2O3S2/c1-13-7-9-14(10-8-13)11-23-12-17(20)18-15-5-3-4-6-16(15)19-24(2,21)22/h3-10,19H,11-12H2,1-2H3,(H,18,20). The number of rotatable bonds is 7. The molecule has 2 N–H and O–H groups in total. The van der Waals surface area contributed by atoms with Crippen molar-refractivity contribution in [3.8, 4) is 0 Å². The van der Waals surface area contributed by atoms with Gasteiger partial charge < -0.3 is 5.32 Å². The summed E-state index contributed by atoms with van der Waals surface area (Å²) in [6.45, 7) is 2.03. The molecule has 0 aromatic heterocycles. The van der Waals surface area contributed by atoms with Crippen LogP contribution in [0.5, 0.6) is 0 Å². The molecule has 2 aromatic carbocycles. The maximum Gasteiger partial charge on any atom is 0.234 e. The van der Waals surface area contributed by atoms with Crippen LogP contribution in [-0.4, -0.2) is 26.3 Å². The van der Waals surface area contributed by atoms with Gasteiger partial charge in [-0.2, -0.15) is 0 Å². The molecule has 5 nitrogen and oxygen atoms in total. The molecule has 0 bridgehead atoms. The van der Waals surface area contributed by atoms with Crippen LogP contribution in [0.3, 0.4) is 0 Å². The Morgan fingerprint density at radius 2 is 1.67 bits per heavy atom. The Morgan fingerprint density at radius 1 is 1.04 bits per heavy atom. The van der Waals surface area contributed by atoms with Gasteiger partial charge in [-0.25, -0.2) is 8.42 Å². The molecule has 2 aromatic rings. The number of aryl methyl sites for hydroxylation is 1. The molecule has 7 heteroatoms. The molecule has 0 heterocycles. The Labute approximate surface area is 146 Å². The number of benzene rings is 2. The summed E-state index contributed by atoms with van der Waals surface area (Å²) in [6, 6.07) is 14.9. The number of sulfonamides is 1. The molecule has 0 aliphatic rings. The molecular formula is C17H20N2O3S2. The summed E-state index contributed by atoms with van der Waals surface area (Å²) in [4.78, 5) is 12.1. The Kier molecular flexibility index (Phi) is 6.28. The normalized spacial score (nSPS) is 11.1. The van der Waals surface area contributed by atoms with Crippen LogP contribution in [0.2, 0.25) is 0 Å². The van der Waals surface area contributed by atoms with E-state index in [9.17, 15) is 13.2 Å². The van der Waals surface area contributed by atoms with E-state index in [2.05, 4.69) is 10.0 Å². The van der Waals surface area contributed by atoms with Crippen molar-refractivity contribution >= 4 is 39.1 Å². The molecule has 0 spiro atoms. The van der Waals surface area contributed by atoms with Crippen molar-refractivity contribution in [1.29, 1.82) is 0 Å². The number of carbonyl (C=O) groups is 1. The highest BCUT2D eigenvalue weighted by atomic mass is 32.2. The number of carbonyl (C=O) groups excluding carboxylic acids is 1. The third-order valence-electron chi connectivity index (χ3n) is 3.12. The maximum absolute atomic E-state index is 12.1. The van der Waals surface area contributed by atoms with Crippen molar-refractivity contribution in [2.75, 3.05) is 22.0 Å². The van der Waals surface area contributed by atoms with Crippen LogP contribution in [-0.2, 0) is 20.6 Å². The molecular weight excluding hydrogens is 344 g/mol. The summed E-state index contributed by atoms with van der Waals surface area (Å²) in [5.74, 6) is 0.868. The minimum Gasteiger partial charge on any atom is -0.324 e. The second-order valence-corrected chi connectivity index (χ2v) is 8.18. The van der Waals surface area contributed by atoms with Crippen molar-refractivity contribution in [2.24, 2.45) is 0 Å². The van der Waals surface area contributed by atoms with Gasteiger partial charge in [-0.05, 0) is 24.6 Å². The zero-order chi connectivity index (χ0) is 17.6. The molecule has 0 aliphatic heterocycles. The summed E-state index contributed by atoms with van der Waals surface area (Å²) in [5.41, 5.74) is 3.18. The van der Waals surface area contributed by atoms with Crippen molar-refractivity contribution in [1.82, 2.24) is 0 Å². The van der Waals surface area contributed by atoms with E-state index in [1.807, 2.05) is 31.2 Å². The fraction of sp³-hybridized carbons (Fsp3) is 0.235. The Bertz CT molecular complexity index is 803. The molecule has 0 fully saturated rings. The molecule has 0 radical (unpaired) electrons. The fourth-order valence-electron chi connectivity index (χ4n) is 2.01. The highest BCUT2D eigenvalue weighted by Gasteiger charge is 2.10. The summed E-state index contributed by atoms with van der Waals surface area (Å²) >= 11 is 1.51. The number of thioether (sulfide) groups is 1.